The second-order valence-corrected chi connectivity index (χ2v) is 4.84. The molecule has 0 saturated carbocycles. The van der Waals surface area contributed by atoms with Crippen molar-refractivity contribution in [3.63, 3.8) is 0 Å². The molecule has 3 aromatic rings. The average Bonchev–Trinajstić information content (AvgIpc) is 3.20. The molecule has 0 aliphatic rings. The maximum absolute atomic E-state index is 5.73. The fourth-order valence-electron chi connectivity index (χ4n) is 2.42. The predicted molar refractivity (Wildman–Crippen MR) is 80.7 cm³/mol. The van der Waals surface area contributed by atoms with Crippen molar-refractivity contribution in [3.05, 3.63) is 72.4 Å². The normalized spacial score (nSPS) is 12.4. The molecule has 5 heteroatoms. The second kappa shape index (κ2) is 6.39. The number of hydrazine groups is 1. The lowest BCUT2D eigenvalue weighted by Crippen LogP contribution is -2.30. The average molecular weight is 282 g/mol. The van der Waals surface area contributed by atoms with Crippen molar-refractivity contribution >= 4 is 0 Å². The van der Waals surface area contributed by atoms with Crippen LogP contribution < -0.4 is 11.3 Å². The number of nitrogens with two attached hydrogens (primary N) is 1. The third kappa shape index (κ3) is 3.04. The van der Waals surface area contributed by atoms with Gasteiger partial charge in [-0.05, 0) is 36.8 Å². The first-order valence-corrected chi connectivity index (χ1v) is 6.96. The molecule has 0 amide bonds. The number of hydrogen-bond acceptors (Lipinski definition) is 4. The standard InChI is InChI=1S/C16H18N4O/c17-19-15(9-8-14-7-4-12-21-14)16-10-11-18-20(16)13-5-2-1-3-6-13/h1-7,10-12,15,19H,8-9,17H2. The van der Waals surface area contributed by atoms with Crippen molar-refractivity contribution in [1.82, 2.24) is 15.2 Å². The molecule has 0 aliphatic heterocycles. The fourth-order valence-corrected chi connectivity index (χ4v) is 2.42. The Morgan fingerprint density at radius 2 is 2.00 bits per heavy atom. The van der Waals surface area contributed by atoms with Crippen LogP contribution >= 0.6 is 0 Å². The van der Waals surface area contributed by atoms with Gasteiger partial charge in [0.25, 0.3) is 0 Å². The minimum Gasteiger partial charge on any atom is -0.469 e. The minimum atomic E-state index is 0.0119. The van der Waals surface area contributed by atoms with Crippen LogP contribution in [0.4, 0.5) is 0 Å². The van der Waals surface area contributed by atoms with E-state index in [0.717, 1.165) is 30.0 Å². The second-order valence-electron chi connectivity index (χ2n) is 4.84. The van der Waals surface area contributed by atoms with Gasteiger partial charge in [-0.25, -0.2) is 4.68 Å². The highest BCUT2D eigenvalue weighted by Gasteiger charge is 2.16. The first-order chi connectivity index (χ1) is 10.4. The van der Waals surface area contributed by atoms with Crippen molar-refractivity contribution < 1.29 is 4.42 Å². The molecule has 0 aliphatic carbocycles. The zero-order valence-corrected chi connectivity index (χ0v) is 11.6. The largest absolute Gasteiger partial charge is 0.469 e. The van der Waals surface area contributed by atoms with Crippen LogP contribution in [0.1, 0.15) is 23.9 Å². The molecular formula is C16H18N4O. The van der Waals surface area contributed by atoms with Crippen molar-refractivity contribution in [2.45, 2.75) is 18.9 Å². The zero-order chi connectivity index (χ0) is 14.5. The summed E-state index contributed by atoms with van der Waals surface area (Å²) in [6.07, 6.45) is 5.14. The molecule has 108 valence electrons. The number of nitrogens with one attached hydrogen (secondary N) is 1. The summed E-state index contributed by atoms with van der Waals surface area (Å²) in [4.78, 5) is 0. The van der Waals surface area contributed by atoms with E-state index in [-0.39, 0.29) is 6.04 Å². The molecule has 3 rings (SSSR count). The molecule has 1 aromatic carbocycles. The minimum absolute atomic E-state index is 0.0119. The van der Waals surface area contributed by atoms with E-state index in [4.69, 9.17) is 10.3 Å². The van der Waals surface area contributed by atoms with Gasteiger partial charge in [0.05, 0.1) is 23.7 Å². The van der Waals surface area contributed by atoms with E-state index >= 15 is 0 Å². The van der Waals surface area contributed by atoms with Gasteiger partial charge in [0.2, 0.25) is 0 Å². The van der Waals surface area contributed by atoms with Gasteiger partial charge >= 0.3 is 0 Å². The Morgan fingerprint density at radius 1 is 1.14 bits per heavy atom. The number of rotatable bonds is 6. The topological polar surface area (TPSA) is 69.0 Å². The summed E-state index contributed by atoms with van der Waals surface area (Å²) in [7, 11) is 0. The number of aryl methyl sites for hydroxylation is 1. The molecular weight excluding hydrogens is 264 g/mol. The van der Waals surface area contributed by atoms with Crippen molar-refractivity contribution in [1.29, 1.82) is 0 Å². The molecule has 21 heavy (non-hydrogen) atoms. The van der Waals surface area contributed by atoms with Crippen LogP contribution in [0.2, 0.25) is 0 Å². The first-order valence-electron chi connectivity index (χ1n) is 6.96. The van der Waals surface area contributed by atoms with E-state index in [1.54, 1.807) is 12.5 Å². The Balaban J connectivity index is 1.80. The smallest absolute Gasteiger partial charge is 0.103 e. The summed E-state index contributed by atoms with van der Waals surface area (Å²) in [6, 6.07) is 15.9. The highest BCUT2D eigenvalue weighted by molar-refractivity contribution is 5.33. The monoisotopic (exact) mass is 282 g/mol. The van der Waals surface area contributed by atoms with Gasteiger partial charge in [0.15, 0.2) is 0 Å². The Labute approximate surface area is 123 Å². The summed E-state index contributed by atoms with van der Waals surface area (Å²) >= 11 is 0. The van der Waals surface area contributed by atoms with Crippen LogP contribution in [0.15, 0.2) is 65.4 Å². The van der Waals surface area contributed by atoms with Crippen LogP contribution in [-0.2, 0) is 6.42 Å². The van der Waals surface area contributed by atoms with Crippen molar-refractivity contribution in [3.8, 4) is 5.69 Å². The molecule has 5 nitrogen and oxygen atoms in total. The molecule has 0 bridgehead atoms. The summed E-state index contributed by atoms with van der Waals surface area (Å²) in [5, 5.41) is 4.40. The molecule has 0 saturated heterocycles. The Kier molecular flexibility index (Phi) is 4.14. The van der Waals surface area contributed by atoms with E-state index < -0.39 is 0 Å². The number of nitrogens with zero attached hydrogens (tertiary/aromatic N) is 2. The molecule has 0 spiro atoms. The van der Waals surface area contributed by atoms with Crippen LogP contribution in [0.25, 0.3) is 5.69 Å². The maximum Gasteiger partial charge on any atom is 0.103 e. The van der Waals surface area contributed by atoms with E-state index in [2.05, 4.69) is 10.5 Å². The van der Waals surface area contributed by atoms with Gasteiger partial charge in [-0.15, -0.1) is 0 Å². The summed E-state index contributed by atoms with van der Waals surface area (Å²) in [5.41, 5.74) is 4.94. The van der Waals surface area contributed by atoms with E-state index in [9.17, 15) is 0 Å². The molecule has 1 unspecified atom stereocenters. The Morgan fingerprint density at radius 3 is 2.71 bits per heavy atom. The van der Waals surface area contributed by atoms with Gasteiger partial charge in [0, 0.05) is 12.6 Å². The lowest BCUT2D eigenvalue weighted by molar-refractivity contribution is 0.447. The summed E-state index contributed by atoms with van der Waals surface area (Å²) < 4.78 is 7.28. The third-order valence-electron chi connectivity index (χ3n) is 3.49. The molecule has 0 fully saturated rings. The Bertz CT molecular complexity index is 661. The molecule has 3 N–H and O–H groups in total. The molecule has 2 heterocycles. The first kappa shape index (κ1) is 13.6. The van der Waals surface area contributed by atoms with E-state index in [1.165, 1.54) is 0 Å². The Hall–Kier alpha value is -2.37. The zero-order valence-electron chi connectivity index (χ0n) is 11.6. The third-order valence-corrected chi connectivity index (χ3v) is 3.49. The number of aromatic nitrogens is 2. The number of benzene rings is 1. The van der Waals surface area contributed by atoms with E-state index in [1.807, 2.05) is 53.2 Å². The van der Waals surface area contributed by atoms with Crippen LogP contribution in [0.5, 0.6) is 0 Å². The van der Waals surface area contributed by atoms with Crippen LogP contribution in [0, 0.1) is 0 Å². The molecule has 1 atom stereocenters. The fraction of sp³-hybridized carbons (Fsp3) is 0.188. The van der Waals surface area contributed by atoms with Gasteiger partial charge < -0.3 is 4.42 Å². The maximum atomic E-state index is 5.73. The summed E-state index contributed by atoms with van der Waals surface area (Å²) in [6.45, 7) is 0. The lowest BCUT2D eigenvalue weighted by Gasteiger charge is -2.17. The quantitative estimate of drug-likeness (QED) is 0.538. The van der Waals surface area contributed by atoms with Gasteiger partial charge in [-0.2, -0.15) is 5.10 Å². The molecule has 2 aromatic heterocycles. The van der Waals surface area contributed by atoms with Crippen LogP contribution in [-0.4, -0.2) is 9.78 Å². The molecule has 0 radical (unpaired) electrons. The lowest BCUT2D eigenvalue weighted by atomic mass is 10.1. The number of furan rings is 1. The van der Waals surface area contributed by atoms with Gasteiger partial charge in [-0.3, -0.25) is 11.3 Å². The van der Waals surface area contributed by atoms with Crippen molar-refractivity contribution in [2.75, 3.05) is 0 Å². The highest BCUT2D eigenvalue weighted by Crippen LogP contribution is 2.21. The number of hydrogen-bond donors (Lipinski definition) is 2. The van der Waals surface area contributed by atoms with E-state index in [0.29, 0.717) is 0 Å². The summed E-state index contributed by atoms with van der Waals surface area (Å²) in [5.74, 6) is 6.69. The van der Waals surface area contributed by atoms with Crippen LogP contribution in [0.3, 0.4) is 0 Å². The SMILES string of the molecule is NNC(CCc1ccco1)c1ccnn1-c1ccccc1. The predicted octanol–water partition coefficient (Wildman–Crippen LogP) is 2.60. The highest BCUT2D eigenvalue weighted by atomic mass is 16.3. The van der Waals surface area contributed by atoms with Gasteiger partial charge in [0.1, 0.15) is 5.76 Å². The number of para-hydroxylation sites is 1. The van der Waals surface area contributed by atoms with Gasteiger partial charge in [-0.1, -0.05) is 18.2 Å². The van der Waals surface area contributed by atoms with Crippen molar-refractivity contribution in [2.24, 2.45) is 5.84 Å².